The van der Waals surface area contributed by atoms with E-state index >= 15 is 0 Å². The van der Waals surface area contributed by atoms with E-state index in [9.17, 15) is 14.0 Å². The van der Waals surface area contributed by atoms with Crippen molar-refractivity contribution in [3.8, 4) is 0 Å². The molecule has 96 valence electrons. The number of nitrogens with one attached hydrogen (secondary N) is 1. The number of carbonyl (C=O) groups is 2. The number of halogens is 1. The van der Waals surface area contributed by atoms with E-state index in [-0.39, 0.29) is 12.0 Å². The summed E-state index contributed by atoms with van der Waals surface area (Å²) in [6.07, 6.45) is 2.12. The Hall–Kier alpha value is -1.91. The molecule has 1 fully saturated rings. The number of carboxylic acid groups (broad SMARTS) is 1. The third-order valence-corrected chi connectivity index (χ3v) is 3.27. The lowest BCUT2D eigenvalue weighted by Gasteiger charge is -2.41. The summed E-state index contributed by atoms with van der Waals surface area (Å²) < 4.78 is 13.0. The quantitative estimate of drug-likeness (QED) is 0.859. The van der Waals surface area contributed by atoms with Crippen molar-refractivity contribution in [1.29, 1.82) is 0 Å². The lowest BCUT2D eigenvalue weighted by Crippen LogP contribution is -2.54. The normalized spacial score (nSPS) is 16.7. The second-order valence-electron chi connectivity index (χ2n) is 4.67. The van der Waals surface area contributed by atoms with Gasteiger partial charge in [0.1, 0.15) is 5.82 Å². The maximum absolute atomic E-state index is 13.0. The van der Waals surface area contributed by atoms with Crippen LogP contribution in [0.4, 0.5) is 4.39 Å². The molecule has 0 bridgehead atoms. The zero-order valence-electron chi connectivity index (χ0n) is 9.78. The lowest BCUT2D eigenvalue weighted by atomic mass is 9.74. The van der Waals surface area contributed by atoms with E-state index in [1.807, 2.05) is 0 Å². The van der Waals surface area contributed by atoms with Crippen LogP contribution < -0.4 is 5.32 Å². The molecule has 18 heavy (non-hydrogen) atoms. The zero-order valence-corrected chi connectivity index (χ0v) is 9.78. The number of benzene rings is 1. The van der Waals surface area contributed by atoms with Gasteiger partial charge in [-0.2, -0.15) is 0 Å². The van der Waals surface area contributed by atoms with Crippen LogP contribution >= 0.6 is 0 Å². The predicted molar refractivity (Wildman–Crippen MR) is 62.7 cm³/mol. The maximum atomic E-state index is 13.0. The minimum absolute atomic E-state index is 0.0892. The number of carboxylic acids is 1. The molecule has 0 aromatic heterocycles. The van der Waals surface area contributed by atoms with Gasteiger partial charge in [-0.15, -0.1) is 0 Å². The Morgan fingerprint density at radius 1 is 1.39 bits per heavy atom. The second-order valence-corrected chi connectivity index (χ2v) is 4.67. The van der Waals surface area contributed by atoms with Gasteiger partial charge in [-0.3, -0.25) is 9.59 Å². The summed E-state index contributed by atoms with van der Waals surface area (Å²) in [6.45, 7) is 0. The van der Waals surface area contributed by atoms with Crippen LogP contribution in [0.3, 0.4) is 0 Å². The molecule has 0 spiro atoms. The Bertz CT molecular complexity index is 483. The molecule has 0 aliphatic heterocycles. The van der Waals surface area contributed by atoms with E-state index in [2.05, 4.69) is 5.32 Å². The Kier molecular flexibility index (Phi) is 3.32. The minimum Gasteiger partial charge on any atom is -0.481 e. The summed E-state index contributed by atoms with van der Waals surface area (Å²) in [5.41, 5.74) is -0.443. The molecule has 2 N–H and O–H groups in total. The van der Waals surface area contributed by atoms with Gasteiger partial charge in [0.15, 0.2) is 0 Å². The molecule has 0 atom stereocenters. The van der Waals surface area contributed by atoms with Crippen LogP contribution in [-0.4, -0.2) is 22.5 Å². The van der Waals surface area contributed by atoms with Crippen molar-refractivity contribution in [2.45, 2.75) is 31.2 Å². The SMILES string of the molecule is O=C(O)CC1(NC(=O)c2cccc(F)c2)CCC1. The molecule has 1 aliphatic carbocycles. The first kappa shape index (κ1) is 12.5. The Balaban J connectivity index is 2.08. The van der Waals surface area contributed by atoms with E-state index < -0.39 is 23.2 Å². The molecule has 1 aromatic rings. The van der Waals surface area contributed by atoms with Crippen molar-refractivity contribution in [1.82, 2.24) is 5.32 Å². The fourth-order valence-electron chi connectivity index (χ4n) is 2.18. The summed E-state index contributed by atoms with van der Waals surface area (Å²) in [7, 11) is 0. The molecule has 1 saturated carbocycles. The van der Waals surface area contributed by atoms with Crippen LogP contribution in [-0.2, 0) is 4.79 Å². The Labute approximate surface area is 104 Å². The van der Waals surface area contributed by atoms with Gasteiger partial charge >= 0.3 is 5.97 Å². The van der Waals surface area contributed by atoms with Crippen LogP contribution in [0.25, 0.3) is 0 Å². The van der Waals surface area contributed by atoms with Crippen LogP contribution in [0, 0.1) is 5.82 Å². The topological polar surface area (TPSA) is 66.4 Å². The van der Waals surface area contributed by atoms with Crippen molar-refractivity contribution < 1.29 is 19.1 Å². The van der Waals surface area contributed by atoms with E-state index in [0.29, 0.717) is 12.8 Å². The van der Waals surface area contributed by atoms with E-state index in [0.717, 1.165) is 12.5 Å². The fourth-order valence-corrected chi connectivity index (χ4v) is 2.18. The molecule has 5 heteroatoms. The zero-order chi connectivity index (χ0) is 13.2. The number of carbonyl (C=O) groups excluding carboxylic acids is 1. The third kappa shape index (κ3) is 2.67. The van der Waals surface area contributed by atoms with E-state index in [4.69, 9.17) is 5.11 Å². The van der Waals surface area contributed by atoms with E-state index in [1.165, 1.54) is 18.2 Å². The summed E-state index contributed by atoms with van der Waals surface area (Å²) in [6, 6.07) is 5.36. The molecule has 0 heterocycles. The van der Waals surface area contributed by atoms with Crippen molar-refractivity contribution >= 4 is 11.9 Å². The molecule has 1 aliphatic rings. The monoisotopic (exact) mass is 251 g/mol. The van der Waals surface area contributed by atoms with Crippen LogP contribution in [0.15, 0.2) is 24.3 Å². The molecular formula is C13H14FNO3. The van der Waals surface area contributed by atoms with Gasteiger partial charge in [0, 0.05) is 5.56 Å². The molecule has 2 rings (SSSR count). The first-order chi connectivity index (χ1) is 8.51. The van der Waals surface area contributed by atoms with E-state index in [1.54, 1.807) is 0 Å². The van der Waals surface area contributed by atoms with Crippen LogP contribution in [0.5, 0.6) is 0 Å². The predicted octanol–water partition coefficient (Wildman–Crippen LogP) is 1.95. The first-order valence-electron chi connectivity index (χ1n) is 5.81. The number of aliphatic carboxylic acids is 1. The molecule has 1 amide bonds. The second kappa shape index (κ2) is 4.76. The molecule has 0 unspecified atom stereocenters. The molecular weight excluding hydrogens is 237 g/mol. The highest BCUT2D eigenvalue weighted by Gasteiger charge is 2.40. The fraction of sp³-hybridized carbons (Fsp3) is 0.385. The molecule has 0 radical (unpaired) electrons. The highest BCUT2D eigenvalue weighted by molar-refractivity contribution is 5.95. The van der Waals surface area contributed by atoms with Crippen molar-refractivity contribution in [3.05, 3.63) is 35.6 Å². The Morgan fingerprint density at radius 2 is 2.11 bits per heavy atom. The van der Waals surface area contributed by atoms with Gasteiger partial charge in [-0.1, -0.05) is 6.07 Å². The first-order valence-corrected chi connectivity index (χ1v) is 5.81. The highest BCUT2D eigenvalue weighted by atomic mass is 19.1. The van der Waals surface area contributed by atoms with Crippen molar-refractivity contribution in [2.24, 2.45) is 0 Å². The molecule has 0 saturated heterocycles. The van der Waals surface area contributed by atoms with Gasteiger partial charge in [0.2, 0.25) is 0 Å². The number of amides is 1. The van der Waals surface area contributed by atoms with Gasteiger partial charge in [0.25, 0.3) is 5.91 Å². The van der Waals surface area contributed by atoms with Crippen molar-refractivity contribution in [2.75, 3.05) is 0 Å². The average Bonchev–Trinajstić information content (AvgIpc) is 2.25. The molecule has 1 aromatic carbocycles. The molecule has 4 nitrogen and oxygen atoms in total. The smallest absolute Gasteiger partial charge is 0.305 e. The summed E-state index contributed by atoms with van der Waals surface area (Å²) in [4.78, 5) is 22.7. The number of rotatable bonds is 4. The van der Waals surface area contributed by atoms with Gasteiger partial charge < -0.3 is 10.4 Å². The van der Waals surface area contributed by atoms with Gasteiger partial charge in [0.05, 0.1) is 12.0 Å². The summed E-state index contributed by atoms with van der Waals surface area (Å²) >= 11 is 0. The maximum Gasteiger partial charge on any atom is 0.305 e. The largest absolute Gasteiger partial charge is 0.481 e. The summed E-state index contributed by atoms with van der Waals surface area (Å²) in [5.74, 6) is -1.84. The van der Waals surface area contributed by atoms with Crippen molar-refractivity contribution in [3.63, 3.8) is 0 Å². The average molecular weight is 251 g/mol. The third-order valence-electron chi connectivity index (χ3n) is 3.27. The van der Waals surface area contributed by atoms with Gasteiger partial charge in [-0.25, -0.2) is 4.39 Å². The summed E-state index contributed by atoms with van der Waals surface area (Å²) in [5, 5.41) is 11.5. The van der Waals surface area contributed by atoms with Gasteiger partial charge in [-0.05, 0) is 37.5 Å². The Morgan fingerprint density at radius 3 is 2.61 bits per heavy atom. The lowest BCUT2D eigenvalue weighted by molar-refractivity contribution is -0.139. The number of hydrogen-bond acceptors (Lipinski definition) is 2. The highest BCUT2D eigenvalue weighted by Crippen LogP contribution is 2.35. The minimum atomic E-state index is -0.936. The van der Waals surface area contributed by atoms with Crippen LogP contribution in [0.1, 0.15) is 36.0 Å². The van der Waals surface area contributed by atoms with Crippen LogP contribution in [0.2, 0.25) is 0 Å². The number of hydrogen-bond donors (Lipinski definition) is 2. The standard InChI is InChI=1S/C13H14FNO3/c14-10-4-1-3-9(7-10)12(18)15-13(5-2-6-13)8-11(16)17/h1,3-4,7H,2,5-6,8H2,(H,15,18)(H,16,17).